The first-order chi connectivity index (χ1) is 15.6. The van der Waals surface area contributed by atoms with Gasteiger partial charge in [0, 0.05) is 17.2 Å². The molecule has 166 valence electrons. The molecule has 1 atom stereocenters. The van der Waals surface area contributed by atoms with Gasteiger partial charge >= 0.3 is 5.97 Å². The van der Waals surface area contributed by atoms with E-state index >= 15 is 0 Å². The number of ether oxygens (including phenoxy) is 3. The molecule has 0 amide bonds. The fourth-order valence-electron chi connectivity index (χ4n) is 3.86. The van der Waals surface area contributed by atoms with Crippen LogP contribution < -0.4 is 9.47 Å². The second-order valence-corrected chi connectivity index (χ2v) is 7.67. The number of aliphatic hydroxyl groups excluding tert-OH is 1. The molecular formula is C25H26N2O5. The number of carbonyl (C=O) groups excluding carboxylic acids is 1. The maximum Gasteiger partial charge on any atom is 0.335 e. The van der Waals surface area contributed by atoms with Crippen LogP contribution in [0.3, 0.4) is 0 Å². The summed E-state index contributed by atoms with van der Waals surface area (Å²) in [4.78, 5) is 21.2. The van der Waals surface area contributed by atoms with Crippen molar-refractivity contribution in [1.82, 2.24) is 9.97 Å². The number of hydrogen-bond acceptors (Lipinski definition) is 7. The van der Waals surface area contributed by atoms with Crippen LogP contribution in [0.2, 0.25) is 0 Å². The van der Waals surface area contributed by atoms with Gasteiger partial charge in [-0.1, -0.05) is 30.3 Å². The van der Waals surface area contributed by atoms with Gasteiger partial charge in [0.2, 0.25) is 0 Å². The van der Waals surface area contributed by atoms with Crippen LogP contribution in [0, 0.1) is 0 Å². The number of esters is 1. The van der Waals surface area contributed by atoms with E-state index in [9.17, 15) is 9.90 Å². The lowest BCUT2D eigenvalue weighted by Gasteiger charge is -2.23. The van der Waals surface area contributed by atoms with Crippen molar-refractivity contribution < 1.29 is 24.1 Å². The van der Waals surface area contributed by atoms with Crippen molar-refractivity contribution in [3.05, 3.63) is 72.1 Å². The summed E-state index contributed by atoms with van der Waals surface area (Å²) in [6.45, 7) is 2.17. The molecule has 3 aromatic rings. The number of methoxy groups -OCH3 is 1. The van der Waals surface area contributed by atoms with E-state index in [1.807, 2.05) is 48.5 Å². The van der Waals surface area contributed by atoms with Gasteiger partial charge < -0.3 is 19.3 Å². The molecule has 0 aliphatic heterocycles. The number of aromatic nitrogens is 2. The minimum atomic E-state index is -1.22. The number of aliphatic hydroxyl groups is 1. The molecule has 1 N–H and O–H groups in total. The highest BCUT2D eigenvalue weighted by atomic mass is 16.5. The van der Waals surface area contributed by atoms with Crippen LogP contribution in [0.1, 0.15) is 31.0 Å². The number of para-hydroxylation sites is 2. The van der Waals surface area contributed by atoms with Gasteiger partial charge in [0.05, 0.1) is 25.0 Å². The van der Waals surface area contributed by atoms with Crippen molar-refractivity contribution >= 4 is 5.97 Å². The highest BCUT2D eigenvalue weighted by Crippen LogP contribution is 2.54. The molecule has 1 aliphatic carbocycles. The van der Waals surface area contributed by atoms with Crippen molar-refractivity contribution in [2.75, 3.05) is 13.7 Å². The zero-order chi connectivity index (χ0) is 22.6. The Morgan fingerprint density at radius 3 is 2.53 bits per heavy atom. The molecule has 1 unspecified atom stereocenters. The molecule has 7 nitrogen and oxygen atoms in total. The largest absolute Gasteiger partial charge is 0.496 e. The average molecular weight is 434 g/mol. The van der Waals surface area contributed by atoms with Crippen molar-refractivity contribution in [1.29, 1.82) is 0 Å². The van der Waals surface area contributed by atoms with E-state index in [2.05, 4.69) is 9.97 Å². The van der Waals surface area contributed by atoms with Crippen molar-refractivity contribution in [3.8, 4) is 22.9 Å². The van der Waals surface area contributed by atoms with Crippen LogP contribution in [0.15, 0.2) is 60.8 Å². The molecule has 0 spiro atoms. The molecular weight excluding hydrogens is 408 g/mol. The highest BCUT2D eigenvalue weighted by Gasteiger charge is 2.55. The van der Waals surface area contributed by atoms with Gasteiger partial charge in [0.1, 0.15) is 18.1 Å². The Balaban J connectivity index is 1.54. The van der Waals surface area contributed by atoms with E-state index in [1.54, 1.807) is 26.3 Å². The summed E-state index contributed by atoms with van der Waals surface area (Å²) in [6.07, 6.45) is 1.85. The quantitative estimate of drug-likeness (QED) is 0.514. The Bertz CT molecular complexity index is 1100. The van der Waals surface area contributed by atoms with Gasteiger partial charge in [-0.3, -0.25) is 0 Å². The third kappa shape index (κ3) is 4.29. The van der Waals surface area contributed by atoms with E-state index in [1.165, 1.54) is 0 Å². The molecule has 0 radical (unpaired) electrons. The highest BCUT2D eigenvalue weighted by molar-refractivity contribution is 5.78. The molecule has 1 heterocycles. The van der Waals surface area contributed by atoms with Gasteiger partial charge in [0.25, 0.3) is 0 Å². The lowest BCUT2D eigenvalue weighted by Crippen LogP contribution is -2.35. The average Bonchev–Trinajstić information content (AvgIpc) is 3.64. The lowest BCUT2D eigenvalue weighted by atomic mass is 9.89. The molecule has 2 aromatic carbocycles. The zero-order valence-electron chi connectivity index (χ0n) is 18.2. The van der Waals surface area contributed by atoms with E-state index < -0.39 is 17.5 Å². The first kappa shape index (κ1) is 21.8. The second kappa shape index (κ2) is 9.36. The van der Waals surface area contributed by atoms with Crippen molar-refractivity contribution in [2.24, 2.45) is 0 Å². The molecule has 1 aromatic heterocycles. The van der Waals surface area contributed by atoms with Gasteiger partial charge in [-0.05, 0) is 44.0 Å². The van der Waals surface area contributed by atoms with Gasteiger partial charge in [-0.2, -0.15) is 0 Å². The van der Waals surface area contributed by atoms with Gasteiger partial charge in [-0.25, -0.2) is 14.8 Å². The van der Waals surface area contributed by atoms with Crippen LogP contribution in [-0.2, 0) is 21.6 Å². The molecule has 7 heteroatoms. The van der Waals surface area contributed by atoms with E-state index in [-0.39, 0.29) is 13.2 Å². The standard InChI is InChI=1S/C25H26N2O5/c1-3-31-24(29)22(28)25(13-14-25)19-9-5-7-11-21(19)32-16-17-12-15-26-23(27-17)18-8-4-6-10-20(18)30-2/h4-12,15,22,28H,3,13-14,16H2,1-2H3. The first-order valence-corrected chi connectivity index (χ1v) is 10.6. The molecule has 0 bridgehead atoms. The number of hydrogen-bond donors (Lipinski definition) is 1. The van der Waals surface area contributed by atoms with Crippen molar-refractivity contribution in [3.63, 3.8) is 0 Å². The maximum absolute atomic E-state index is 12.2. The fourth-order valence-corrected chi connectivity index (χ4v) is 3.86. The number of benzene rings is 2. The fraction of sp³-hybridized carbons (Fsp3) is 0.320. The smallest absolute Gasteiger partial charge is 0.335 e. The Labute approximate surface area is 187 Å². The van der Waals surface area contributed by atoms with Crippen LogP contribution in [0.5, 0.6) is 11.5 Å². The molecule has 1 saturated carbocycles. The number of carbonyl (C=O) groups is 1. The summed E-state index contributed by atoms with van der Waals surface area (Å²) in [5.41, 5.74) is 1.63. The summed E-state index contributed by atoms with van der Waals surface area (Å²) in [7, 11) is 1.61. The predicted molar refractivity (Wildman–Crippen MR) is 118 cm³/mol. The van der Waals surface area contributed by atoms with Gasteiger partial charge in [0.15, 0.2) is 11.9 Å². The monoisotopic (exact) mass is 434 g/mol. The summed E-state index contributed by atoms with van der Waals surface area (Å²) in [5, 5.41) is 10.7. The predicted octanol–water partition coefficient (Wildman–Crippen LogP) is 3.69. The topological polar surface area (TPSA) is 90.8 Å². The summed E-state index contributed by atoms with van der Waals surface area (Å²) >= 11 is 0. The number of rotatable bonds is 9. The van der Waals surface area contributed by atoms with E-state index in [4.69, 9.17) is 14.2 Å². The Kier molecular flexibility index (Phi) is 6.37. The molecule has 1 aliphatic rings. The Morgan fingerprint density at radius 1 is 1.09 bits per heavy atom. The second-order valence-electron chi connectivity index (χ2n) is 7.67. The van der Waals surface area contributed by atoms with Crippen LogP contribution in [0.4, 0.5) is 0 Å². The van der Waals surface area contributed by atoms with E-state index in [0.29, 0.717) is 35.9 Å². The third-order valence-corrected chi connectivity index (χ3v) is 5.68. The number of nitrogens with zero attached hydrogens (tertiary/aromatic N) is 2. The summed E-state index contributed by atoms with van der Waals surface area (Å²) in [6, 6.07) is 16.8. The minimum Gasteiger partial charge on any atom is -0.496 e. The third-order valence-electron chi connectivity index (χ3n) is 5.68. The summed E-state index contributed by atoms with van der Waals surface area (Å²) in [5.74, 6) is 1.26. The molecule has 0 saturated heterocycles. The molecule has 1 fully saturated rings. The van der Waals surface area contributed by atoms with Crippen LogP contribution in [-0.4, -0.2) is 40.9 Å². The first-order valence-electron chi connectivity index (χ1n) is 10.6. The zero-order valence-corrected chi connectivity index (χ0v) is 18.2. The Morgan fingerprint density at radius 2 is 1.81 bits per heavy atom. The Hall–Kier alpha value is -3.45. The summed E-state index contributed by atoms with van der Waals surface area (Å²) < 4.78 is 16.6. The molecule has 4 rings (SSSR count). The van der Waals surface area contributed by atoms with Crippen molar-refractivity contribution in [2.45, 2.75) is 37.9 Å². The minimum absolute atomic E-state index is 0.216. The van der Waals surface area contributed by atoms with Gasteiger partial charge in [-0.15, -0.1) is 0 Å². The SMILES string of the molecule is CCOC(=O)C(O)C1(c2ccccc2OCc2ccnc(-c3ccccc3OC)n2)CC1. The van der Waals surface area contributed by atoms with Crippen LogP contribution >= 0.6 is 0 Å². The molecule has 32 heavy (non-hydrogen) atoms. The van der Waals surface area contributed by atoms with E-state index in [0.717, 1.165) is 11.1 Å². The van der Waals surface area contributed by atoms with Crippen LogP contribution in [0.25, 0.3) is 11.4 Å². The maximum atomic E-state index is 12.2. The lowest BCUT2D eigenvalue weighted by molar-refractivity contribution is -0.155. The normalized spacial score (nSPS) is 15.0.